The molecule has 2 heterocycles. The Balaban J connectivity index is 1.75. The Hall–Kier alpha value is -2.94. The fraction of sp³-hybridized carbons (Fsp3) is 0.278. The van der Waals surface area contributed by atoms with Gasteiger partial charge in [-0.3, -0.25) is 14.5 Å². The van der Waals surface area contributed by atoms with Gasteiger partial charge in [0.2, 0.25) is 0 Å². The van der Waals surface area contributed by atoms with E-state index in [9.17, 15) is 19.2 Å². The summed E-state index contributed by atoms with van der Waals surface area (Å²) in [5.41, 5.74) is 0.721. The van der Waals surface area contributed by atoms with Crippen LogP contribution in [0, 0.1) is 6.92 Å². The van der Waals surface area contributed by atoms with Crippen molar-refractivity contribution < 1.29 is 19.1 Å². The normalized spacial score (nSPS) is 13.0. The second-order valence-electron chi connectivity index (χ2n) is 5.72. The van der Waals surface area contributed by atoms with Crippen molar-refractivity contribution in [3.05, 3.63) is 57.1 Å². The Labute approximate surface area is 158 Å². The van der Waals surface area contributed by atoms with Crippen molar-refractivity contribution in [1.82, 2.24) is 14.9 Å². The van der Waals surface area contributed by atoms with E-state index < -0.39 is 11.7 Å². The minimum absolute atomic E-state index is 0.132. The number of thioether (sulfide) groups is 1. The van der Waals surface area contributed by atoms with Crippen LogP contribution in [0.25, 0.3) is 0 Å². The molecule has 0 saturated heterocycles. The van der Waals surface area contributed by atoms with Crippen LogP contribution in [0.4, 0.5) is 0 Å². The Bertz CT molecular complexity index is 950. The van der Waals surface area contributed by atoms with Crippen LogP contribution in [0.1, 0.15) is 43.7 Å². The highest BCUT2D eigenvalue weighted by molar-refractivity contribution is 7.99. The molecule has 1 N–H and O–H groups in total. The molecule has 1 aliphatic heterocycles. The number of carbonyl (C=O) groups excluding carboxylic acids is 3. The second kappa shape index (κ2) is 7.75. The lowest BCUT2D eigenvalue weighted by atomic mass is 10.1. The molecule has 9 heteroatoms. The van der Waals surface area contributed by atoms with E-state index in [-0.39, 0.29) is 41.3 Å². The molecule has 1 aromatic heterocycles. The second-order valence-corrected chi connectivity index (χ2v) is 6.81. The molecule has 0 saturated carbocycles. The van der Waals surface area contributed by atoms with Gasteiger partial charge in [-0.25, -0.2) is 9.59 Å². The number of aromatic nitrogens is 2. The Morgan fingerprint density at radius 1 is 1.19 bits per heavy atom. The van der Waals surface area contributed by atoms with E-state index in [1.165, 1.54) is 0 Å². The molecule has 0 aliphatic carbocycles. The summed E-state index contributed by atoms with van der Waals surface area (Å²) in [7, 11) is 0. The number of esters is 1. The summed E-state index contributed by atoms with van der Waals surface area (Å²) in [6.07, 6.45) is 0. The molecule has 2 amide bonds. The van der Waals surface area contributed by atoms with Gasteiger partial charge < -0.3 is 9.72 Å². The predicted octanol–water partition coefficient (Wildman–Crippen LogP) is 1.64. The Morgan fingerprint density at radius 2 is 1.81 bits per heavy atom. The van der Waals surface area contributed by atoms with E-state index in [2.05, 4.69) is 9.97 Å². The first-order valence-corrected chi connectivity index (χ1v) is 9.28. The molecule has 0 bridgehead atoms. The molecular formula is C18H17N3O5S. The van der Waals surface area contributed by atoms with Gasteiger partial charge >= 0.3 is 11.7 Å². The number of amides is 2. The van der Waals surface area contributed by atoms with Crippen molar-refractivity contribution in [2.24, 2.45) is 0 Å². The number of benzene rings is 1. The number of hydrogen-bond donors (Lipinski definition) is 1. The van der Waals surface area contributed by atoms with Gasteiger partial charge in [0.1, 0.15) is 10.6 Å². The van der Waals surface area contributed by atoms with E-state index in [0.29, 0.717) is 16.8 Å². The molecule has 0 unspecified atom stereocenters. The highest BCUT2D eigenvalue weighted by Crippen LogP contribution is 2.25. The quantitative estimate of drug-likeness (QED) is 0.347. The largest absolute Gasteiger partial charge is 0.462 e. The van der Waals surface area contributed by atoms with E-state index in [0.717, 1.165) is 16.7 Å². The summed E-state index contributed by atoms with van der Waals surface area (Å²) in [5, 5.41) is 0.214. The average Bonchev–Trinajstić information content (AvgIpc) is 2.86. The van der Waals surface area contributed by atoms with Gasteiger partial charge in [-0.15, -0.1) is 11.8 Å². The number of carbonyl (C=O) groups is 3. The Kier molecular flexibility index (Phi) is 5.41. The van der Waals surface area contributed by atoms with Crippen molar-refractivity contribution in [3.63, 3.8) is 0 Å². The molecule has 0 radical (unpaired) electrons. The Morgan fingerprint density at radius 3 is 2.41 bits per heavy atom. The van der Waals surface area contributed by atoms with Gasteiger partial charge in [0.15, 0.2) is 0 Å². The van der Waals surface area contributed by atoms with Crippen molar-refractivity contribution >= 4 is 29.5 Å². The van der Waals surface area contributed by atoms with Gasteiger partial charge in [0.25, 0.3) is 11.8 Å². The maximum absolute atomic E-state index is 12.4. The summed E-state index contributed by atoms with van der Waals surface area (Å²) in [6.45, 7) is 3.59. The van der Waals surface area contributed by atoms with Crippen LogP contribution in [0.5, 0.6) is 0 Å². The van der Waals surface area contributed by atoms with E-state index in [4.69, 9.17) is 4.74 Å². The maximum atomic E-state index is 12.4. The van der Waals surface area contributed by atoms with Crippen molar-refractivity contribution in [2.75, 3.05) is 18.9 Å². The van der Waals surface area contributed by atoms with Gasteiger partial charge in [-0.05, 0) is 26.0 Å². The highest BCUT2D eigenvalue weighted by Gasteiger charge is 2.34. The first kappa shape index (κ1) is 18.8. The number of imide groups is 1. The topological polar surface area (TPSA) is 109 Å². The van der Waals surface area contributed by atoms with Crippen molar-refractivity contribution in [1.29, 1.82) is 0 Å². The van der Waals surface area contributed by atoms with Crippen LogP contribution in [0.2, 0.25) is 0 Å². The zero-order valence-electron chi connectivity index (χ0n) is 14.8. The van der Waals surface area contributed by atoms with Gasteiger partial charge in [-0.2, -0.15) is 4.98 Å². The minimum atomic E-state index is -0.581. The zero-order chi connectivity index (χ0) is 19.6. The number of hydrogen-bond acceptors (Lipinski definition) is 7. The molecule has 8 nitrogen and oxygen atoms in total. The molecule has 0 atom stereocenters. The predicted molar refractivity (Wildman–Crippen MR) is 98.1 cm³/mol. The molecule has 140 valence electrons. The number of ether oxygens (including phenoxy) is 1. The molecule has 0 fully saturated rings. The lowest BCUT2D eigenvalue weighted by Crippen LogP contribution is -2.32. The number of nitrogens with one attached hydrogen (secondary N) is 1. The number of nitrogens with zero attached hydrogens (tertiary/aromatic N) is 2. The van der Waals surface area contributed by atoms with Crippen LogP contribution in [-0.4, -0.2) is 51.6 Å². The van der Waals surface area contributed by atoms with Crippen molar-refractivity contribution in [3.8, 4) is 0 Å². The molecule has 27 heavy (non-hydrogen) atoms. The first-order valence-electron chi connectivity index (χ1n) is 8.30. The van der Waals surface area contributed by atoms with Crippen LogP contribution in [0.15, 0.2) is 34.1 Å². The molecule has 0 spiro atoms. The van der Waals surface area contributed by atoms with E-state index >= 15 is 0 Å². The summed E-state index contributed by atoms with van der Waals surface area (Å²) in [5.74, 6) is -0.996. The number of H-pyrrole nitrogens is 1. The average molecular weight is 387 g/mol. The lowest BCUT2D eigenvalue weighted by molar-refractivity contribution is 0.0518. The third-order valence-corrected chi connectivity index (χ3v) is 4.95. The highest BCUT2D eigenvalue weighted by atomic mass is 32.2. The van der Waals surface area contributed by atoms with E-state index in [1.54, 1.807) is 38.1 Å². The zero-order valence-corrected chi connectivity index (χ0v) is 15.6. The van der Waals surface area contributed by atoms with Crippen LogP contribution >= 0.6 is 11.8 Å². The molecular weight excluding hydrogens is 370 g/mol. The fourth-order valence-corrected chi connectivity index (χ4v) is 3.78. The molecule has 1 aliphatic rings. The number of aryl methyl sites for hydroxylation is 1. The van der Waals surface area contributed by atoms with Crippen LogP contribution < -0.4 is 5.69 Å². The number of rotatable bonds is 6. The summed E-state index contributed by atoms with van der Waals surface area (Å²) in [6, 6.07) is 6.64. The SMILES string of the molecule is CCOC(=O)c1c(SCCN2C(=O)c3ccccc3C2=O)nc(=O)[nH]c1C. The van der Waals surface area contributed by atoms with E-state index in [1.807, 2.05) is 0 Å². The summed E-state index contributed by atoms with van der Waals surface area (Å²) >= 11 is 1.12. The fourth-order valence-electron chi connectivity index (χ4n) is 2.78. The number of fused-ring (bicyclic) bond motifs is 1. The minimum Gasteiger partial charge on any atom is -0.462 e. The smallest absolute Gasteiger partial charge is 0.346 e. The van der Waals surface area contributed by atoms with Gasteiger partial charge in [0, 0.05) is 18.0 Å². The van der Waals surface area contributed by atoms with Crippen LogP contribution in [-0.2, 0) is 4.74 Å². The molecule has 2 aromatic rings. The molecule has 3 rings (SSSR count). The third kappa shape index (κ3) is 3.63. The van der Waals surface area contributed by atoms with Crippen molar-refractivity contribution in [2.45, 2.75) is 18.9 Å². The van der Waals surface area contributed by atoms with Gasteiger partial charge in [0.05, 0.1) is 17.7 Å². The maximum Gasteiger partial charge on any atom is 0.346 e. The summed E-state index contributed by atoms with van der Waals surface area (Å²) in [4.78, 5) is 56.0. The monoisotopic (exact) mass is 387 g/mol. The molecule has 1 aromatic carbocycles. The summed E-state index contributed by atoms with van der Waals surface area (Å²) < 4.78 is 5.01. The van der Waals surface area contributed by atoms with Gasteiger partial charge in [-0.1, -0.05) is 12.1 Å². The first-order chi connectivity index (χ1) is 12.9. The van der Waals surface area contributed by atoms with Crippen LogP contribution in [0.3, 0.4) is 0 Å². The standard InChI is InChI=1S/C18H17N3O5S/c1-3-26-17(24)13-10(2)19-18(25)20-14(13)27-9-8-21-15(22)11-6-4-5-7-12(11)16(21)23/h4-7H,3,8-9H2,1-2H3,(H,19,20,25). The third-order valence-electron chi connectivity index (χ3n) is 4.00. The number of aromatic amines is 1. The lowest BCUT2D eigenvalue weighted by Gasteiger charge is -2.14.